The number of rotatable bonds is 10. The van der Waals surface area contributed by atoms with E-state index in [1.54, 1.807) is 7.11 Å². The Labute approximate surface area is 123 Å². The molecule has 3 nitrogen and oxygen atoms in total. The van der Waals surface area contributed by atoms with Crippen molar-refractivity contribution in [3.63, 3.8) is 0 Å². The van der Waals surface area contributed by atoms with Gasteiger partial charge in [-0.2, -0.15) is 0 Å². The first-order valence-corrected chi connectivity index (χ1v) is 7.28. The van der Waals surface area contributed by atoms with Crippen LogP contribution in [0.4, 0.5) is 0 Å². The highest BCUT2D eigenvalue weighted by Gasteiger charge is 2.06. The zero-order chi connectivity index (χ0) is 14.8. The van der Waals surface area contributed by atoms with Gasteiger partial charge in [0.05, 0.1) is 13.7 Å². The lowest BCUT2D eigenvalue weighted by atomic mass is 10.1. The van der Waals surface area contributed by atoms with E-state index in [1.807, 2.05) is 24.3 Å². The topological polar surface area (TPSA) is 30.5 Å². The molecule has 1 rings (SSSR count). The largest absolute Gasteiger partial charge is 0.497 e. The summed E-state index contributed by atoms with van der Waals surface area (Å²) < 4.78 is 11.1. The van der Waals surface area contributed by atoms with E-state index in [1.165, 1.54) is 0 Å². The highest BCUT2D eigenvalue weighted by atomic mass is 16.5. The summed E-state index contributed by atoms with van der Waals surface area (Å²) >= 11 is 0. The highest BCUT2D eigenvalue weighted by molar-refractivity contribution is 5.40. The van der Waals surface area contributed by atoms with Gasteiger partial charge in [-0.25, -0.2) is 0 Å². The third-order valence-corrected chi connectivity index (χ3v) is 2.95. The number of hydrogen-bond acceptors (Lipinski definition) is 3. The maximum Gasteiger partial charge on any atom is 0.124 e. The van der Waals surface area contributed by atoms with Gasteiger partial charge in [0.1, 0.15) is 11.5 Å². The fourth-order valence-electron chi connectivity index (χ4n) is 1.87. The summed E-state index contributed by atoms with van der Waals surface area (Å²) in [6.45, 7) is 10.6. The molecule has 3 heteroatoms. The Hall–Kier alpha value is -1.48. The summed E-state index contributed by atoms with van der Waals surface area (Å²) in [7, 11) is 1.69. The lowest BCUT2D eigenvalue weighted by molar-refractivity contribution is 0.307. The molecule has 0 unspecified atom stereocenters. The monoisotopic (exact) mass is 277 g/mol. The van der Waals surface area contributed by atoms with Crippen LogP contribution < -0.4 is 14.8 Å². The van der Waals surface area contributed by atoms with Crippen molar-refractivity contribution in [2.24, 2.45) is 5.92 Å². The van der Waals surface area contributed by atoms with Crippen LogP contribution >= 0.6 is 0 Å². The van der Waals surface area contributed by atoms with Crippen molar-refractivity contribution in [3.05, 3.63) is 36.4 Å². The van der Waals surface area contributed by atoms with Crippen molar-refractivity contribution < 1.29 is 9.47 Å². The fourth-order valence-corrected chi connectivity index (χ4v) is 1.87. The SMILES string of the molecule is C=CCCCOc1ccc(OC)cc1CNCC(C)C. The van der Waals surface area contributed by atoms with E-state index in [0.717, 1.165) is 49.6 Å². The van der Waals surface area contributed by atoms with Crippen molar-refractivity contribution in [1.82, 2.24) is 5.32 Å². The second-order valence-corrected chi connectivity index (χ2v) is 5.28. The number of hydrogen-bond donors (Lipinski definition) is 1. The molecule has 0 radical (unpaired) electrons. The molecular weight excluding hydrogens is 250 g/mol. The second-order valence-electron chi connectivity index (χ2n) is 5.28. The molecule has 0 spiro atoms. The van der Waals surface area contributed by atoms with Crippen molar-refractivity contribution >= 4 is 0 Å². The molecule has 0 bridgehead atoms. The van der Waals surface area contributed by atoms with E-state index in [4.69, 9.17) is 9.47 Å². The number of unbranched alkanes of at least 4 members (excludes halogenated alkanes) is 1. The maximum atomic E-state index is 5.85. The zero-order valence-electron chi connectivity index (χ0n) is 12.9. The molecule has 0 aromatic heterocycles. The third-order valence-electron chi connectivity index (χ3n) is 2.95. The van der Waals surface area contributed by atoms with Gasteiger partial charge in [-0.15, -0.1) is 6.58 Å². The van der Waals surface area contributed by atoms with Gasteiger partial charge in [0.15, 0.2) is 0 Å². The van der Waals surface area contributed by atoms with Crippen LogP contribution in [0.5, 0.6) is 11.5 Å². The van der Waals surface area contributed by atoms with Gasteiger partial charge < -0.3 is 14.8 Å². The van der Waals surface area contributed by atoms with E-state index < -0.39 is 0 Å². The molecule has 1 N–H and O–H groups in total. The fraction of sp³-hybridized carbons (Fsp3) is 0.529. The minimum absolute atomic E-state index is 0.637. The summed E-state index contributed by atoms with van der Waals surface area (Å²) in [5.74, 6) is 2.44. The van der Waals surface area contributed by atoms with Crippen molar-refractivity contribution in [2.45, 2.75) is 33.2 Å². The van der Waals surface area contributed by atoms with Crippen molar-refractivity contribution in [3.8, 4) is 11.5 Å². The molecule has 0 atom stereocenters. The summed E-state index contributed by atoms with van der Waals surface area (Å²) in [4.78, 5) is 0. The van der Waals surface area contributed by atoms with Crippen LogP contribution in [0, 0.1) is 5.92 Å². The first kappa shape index (κ1) is 16.6. The van der Waals surface area contributed by atoms with E-state index in [9.17, 15) is 0 Å². The van der Waals surface area contributed by atoms with Gasteiger partial charge in [0.2, 0.25) is 0 Å². The number of methoxy groups -OCH3 is 1. The standard InChI is InChI=1S/C17H27NO2/c1-5-6-7-10-20-17-9-8-16(19-4)11-15(17)13-18-12-14(2)3/h5,8-9,11,14,18H,1,6-7,10,12-13H2,2-4H3. The Morgan fingerprint density at radius 1 is 1.35 bits per heavy atom. The Morgan fingerprint density at radius 2 is 2.15 bits per heavy atom. The molecule has 1 aromatic rings. The minimum Gasteiger partial charge on any atom is -0.497 e. The Morgan fingerprint density at radius 3 is 2.80 bits per heavy atom. The summed E-state index contributed by atoms with van der Waals surface area (Å²) in [5, 5.41) is 3.44. The normalized spacial score (nSPS) is 10.6. The molecule has 0 heterocycles. The van der Waals surface area contributed by atoms with E-state index in [0.29, 0.717) is 5.92 Å². The van der Waals surface area contributed by atoms with E-state index >= 15 is 0 Å². The summed E-state index contributed by atoms with van der Waals surface area (Å²) in [5.41, 5.74) is 1.14. The average Bonchev–Trinajstić information content (AvgIpc) is 2.44. The highest BCUT2D eigenvalue weighted by Crippen LogP contribution is 2.24. The molecular formula is C17H27NO2. The molecule has 0 saturated heterocycles. The molecule has 0 saturated carbocycles. The van der Waals surface area contributed by atoms with Gasteiger partial charge in [0, 0.05) is 12.1 Å². The first-order chi connectivity index (χ1) is 9.67. The molecule has 0 fully saturated rings. The van der Waals surface area contributed by atoms with Crippen molar-refractivity contribution in [2.75, 3.05) is 20.3 Å². The first-order valence-electron chi connectivity index (χ1n) is 7.28. The van der Waals surface area contributed by atoms with Gasteiger partial charge in [-0.1, -0.05) is 19.9 Å². The van der Waals surface area contributed by atoms with Gasteiger partial charge in [-0.3, -0.25) is 0 Å². The minimum atomic E-state index is 0.637. The number of ether oxygens (including phenoxy) is 2. The molecule has 0 amide bonds. The quantitative estimate of drug-likeness (QED) is 0.521. The van der Waals surface area contributed by atoms with Crippen LogP contribution in [0.25, 0.3) is 0 Å². The van der Waals surface area contributed by atoms with Crippen LogP contribution in [0.3, 0.4) is 0 Å². The lowest BCUT2D eigenvalue weighted by Gasteiger charge is -2.14. The molecule has 0 aliphatic carbocycles. The van der Waals surface area contributed by atoms with Crippen molar-refractivity contribution in [1.29, 1.82) is 0 Å². The summed E-state index contributed by atoms with van der Waals surface area (Å²) in [6, 6.07) is 5.96. The number of nitrogens with one attached hydrogen (secondary N) is 1. The lowest BCUT2D eigenvalue weighted by Crippen LogP contribution is -2.19. The van der Waals surface area contributed by atoms with Crippen LogP contribution in [0.15, 0.2) is 30.9 Å². The van der Waals surface area contributed by atoms with Crippen LogP contribution in [0.1, 0.15) is 32.3 Å². The van der Waals surface area contributed by atoms with Gasteiger partial charge in [-0.05, 0) is 43.5 Å². The van der Waals surface area contributed by atoms with E-state index in [2.05, 4.69) is 25.7 Å². The van der Waals surface area contributed by atoms with Gasteiger partial charge >= 0.3 is 0 Å². The predicted octanol–water partition coefficient (Wildman–Crippen LogP) is 3.79. The molecule has 0 aliphatic heterocycles. The smallest absolute Gasteiger partial charge is 0.124 e. The Bertz CT molecular complexity index is 402. The van der Waals surface area contributed by atoms with Gasteiger partial charge in [0.25, 0.3) is 0 Å². The van der Waals surface area contributed by atoms with Crippen LogP contribution in [-0.4, -0.2) is 20.3 Å². The Balaban J connectivity index is 2.62. The molecule has 1 aromatic carbocycles. The third kappa shape index (κ3) is 6.11. The second kappa shape index (κ2) is 9.43. The molecule has 112 valence electrons. The van der Waals surface area contributed by atoms with Crippen LogP contribution in [0.2, 0.25) is 0 Å². The van der Waals surface area contributed by atoms with E-state index in [-0.39, 0.29) is 0 Å². The Kier molecular flexibility index (Phi) is 7.81. The maximum absolute atomic E-state index is 5.85. The predicted molar refractivity (Wildman–Crippen MR) is 84.5 cm³/mol. The summed E-state index contributed by atoms with van der Waals surface area (Å²) in [6.07, 6.45) is 3.90. The number of allylic oxidation sites excluding steroid dienone is 1. The number of benzene rings is 1. The zero-order valence-corrected chi connectivity index (χ0v) is 12.9. The average molecular weight is 277 g/mol. The molecule has 20 heavy (non-hydrogen) atoms. The molecule has 0 aliphatic rings. The van der Waals surface area contributed by atoms with Crippen LogP contribution in [-0.2, 0) is 6.54 Å².